The fourth-order valence-electron chi connectivity index (χ4n) is 1.92. The van der Waals surface area contributed by atoms with E-state index in [9.17, 15) is 0 Å². The van der Waals surface area contributed by atoms with Gasteiger partial charge in [-0.3, -0.25) is 4.57 Å². The molecular formula is C13H21N7. The molecule has 2 aromatic heterocycles. The molecule has 2 heterocycles. The van der Waals surface area contributed by atoms with Gasteiger partial charge < -0.3 is 10.2 Å². The quantitative estimate of drug-likeness (QED) is 0.893. The summed E-state index contributed by atoms with van der Waals surface area (Å²) in [5, 5.41) is 2.98. The van der Waals surface area contributed by atoms with Crippen LogP contribution in [0.3, 0.4) is 0 Å². The van der Waals surface area contributed by atoms with Crippen LogP contribution >= 0.6 is 0 Å². The lowest BCUT2D eigenvalue weighted by atomic mass is 10.4. The van der Waals surface area contributed by atoms with E-state index in [1.807, 2.05) is 18.4 Å². The van der Waals surface area contributed by atoms with E-state index in [4.69, 9.17) is 0 Å². The topological polar surface area (TPSA) is 71.8 Å². The number of rotatable bonds is 5. The molecule has 0 saturated carbocycles. The molecule has 7 nitrogen and oxygen atoms in total. The standard InChI is InChI=1S/C13H21N7/c1-6-19(7-2)12-16-11(14-5)17-13(18-12)20-8-15-9(3)10(20)4/h8H,6-7H2,1-5H3,(H,14,16,17,18). The molecule has 0 atom stereocenters. The second-order valence-electron chi connectivity index (χ2n) is 4.47. The number of imidazole rings is 1. The fraction of sp³-hybridized carbons (Fsp3) is 0.538. The Balaban J connectivity index is 2.53. The third kappa shape index (κ3) is 2.56. The molecule has 0 bridgehead atoms. The van der Waals surface area contributed by atoms with Crippen molar-refractivity contribution in [3.05, 3.63) is 17.7 Å². The van der Waals surface area contributed by atoms with Crippen LogP contribution in [0.4, 0.5) is 11.9 Å². The first-order valence-electron chi connectivity index (χ1n) is 6.80. The molecule has 2 rings (SSSR count). The van der Waals surface area contributed by atoms with Gasteiger partial charge >= 0.3 is 0 Å². The Morgan fingerprint density at radius 3 is 2.35 bits per heavy atom. The molecule has 20 heavy (non-hydrogen) atoms. The van der Waals surface area contributed by atoms with Crippen LogP contribution in [0.2, 0.25) is 0 Å². The molecule has 1 N–H and O–H groups in total. The molecule has 0 unspecified atom stereocenters. The number of anilines is 2. The van der Waals surface area contributed by atoms with E-state index in [2.05, 4.69) is 44.0 Å². The fourth-order valence-corrected chi connectivity index (χ4v) is 1.92. The third-order valence-corrected chi connectivity index (χ3v) is 3.35. The van der Waals surface area contributed by atoms with Crippen LogP contribution < -0.4 is 10.2 Å². The lowest BCUT2D eigenvalue weighted by molar-refractivity contribution is 0.790. The first kappa shape index (κ1) is 14.2. The van der Waals surface area contributed by atoms with Crippen molar-refractivity contribution in [1.82, 2.24) is 24.5 Å². The van der Waals surface area contributed by atoms with Crippen LogP contribution in [0.1, 0.15) is 25.2 Å². The molecule has 0 aliphatic rings. The summed E-state index contributed by atoms with van der Waals surface area (Å²) in [5.41, 5.74) is 2.00. The number of hydrogen-bond acceptors (Lipinski definition) is 6. The van der Waals surface area contributed by atoms with Crippen LogP contribution in [0.15, 0.2) is 6.33 Å². The van der Waals surface area contributed by atoms with Crippen molar-refractivity contribution >= 4 is 11.9 Å². The van der Waals surface area contributed by atoms with Gasteiger partial charge in [0.2, 0.25) is 17.8 Å². The van der Waals surface area contributed by atoms with Gasteiger partial charge in [-0.15, -0.1) is 0 Å². The third-order valence-electron chi connectivity index (χ3n) is 3.35. The molecule has 0 aliphatic heterocycles. The maximum Gasteiger partial charge on any atom is 0.241 e. The molecule has 7 heteroatoms. The highest BCUT2D eigenvalue weighted by Gasteiger charge is 2.13. The van der Waals surface area contributed by atoms with Crippen molar-refractivity contribution in [2.45, 2.75) is 27.7 Å². The predicted octanol–water partition coefficient (Wildman–Crippen LogP) is 1.56. The Hall–Kier alpha value is -2.18. The molecule has 0 fully saturated rings. The number of aromatic nitrogens is 5. The Kier molecular flexibility index (Phi) is 4.16. The van der Waals surface area contributed by atoms with Gasteiger partial charge in [0.05, 0.1) is 5.69 Å². The maximum absolute atomic E-state index is 4.55. The van der Waals surface area contributed by atoms with E-state index < -0.39 is 0 Å². The first-order chi connectivity index (χ1) is 9.60. The Bertz CT molecular complexity index is 586. The van der Waals surface area contributed by atoms with Gasteiger partial charge in [0.1, 0.15) is 6.33 Å². The predicted molar refractivity (Wildman–Crippen MR) is 79.5 cm³/mol. The zero-order chi connectivity index (χ0) is 14.7. The second-order valence-corrected chi connectivity index (χ2v) is 4.47. The first-order valence-corrected chi connectivity index (χ1v) is 6.80. The highest BCUT2D eigenvalue weighted by molar-refractivity contribution is 5.40. The summed E-state index contributed by atoms with van der Waals surface area (Å²) in [6, 6.07) is 0. The lowest BCUT2D eigenvalue weighted by Crippen LogP contribution is -2.25. The van der Waals surface area contributed by atoms with Crippen molar-refractivity contribution in [2.24, 2.45) is 0 Å². The smallest absolute Gasteiger partial charge is 0.241 e. The highest BCUT2D eigenvalue weighted by Crippen LogP contribution is 2.15. The zero-order valence-electron chi connectivity index (χ0n) is 12.7. The summed E-state index contributed by atoms with van der Waals surface area (Å²) < 4.78 is 1.88. The summed E-state index contributed by atoms with van der Waals surface area (Å²) in [4.78, 5) is 19.8. The van der Waals surface area contributed by atoms with Gasteiger partial charge in [-0.25, -0.2) is 4.98 Å². The van der Waals surface area contributed by atoms with E-state index in [1.54, 1.807) is 13.4 Å². The van der Waals surface area contributed by atoms with Gasteiger partial charge in [-0.2, -0.15) is 15.0 Å². The van der Waals surface area contributed by atoms with Crippen LogP contribution in [0.5, 0.6) is 0 Å². The summed E-state index contributed by atoms with van der Waals surface area (Å²) >= 11 is 0. The number of aryl methyl sites for hydroxylation is 1. The maximum atomic E-state index is 4.55. The molecule has 0 radical (unpaired) electrons. The largest absolute Gasteiger partial charge is 0.357 e. The van der Waals surface area contributed by atoms with Crippen molar-refractivity contribution in [1.29, 1.82) is 0 Å². The molecule has 108 valence electrons. The molecule has 0 aromatic carbocycles. The number of hydrogen-bond donors (Lipinski definition) is 1. The van der Waals surface area contributed by atoms with Crippen LogP contribution in [-0.4, -0.2) is 44.6 Å². The van der Waals surface area contributed by atoms with Crippen molar-refractivity contribution < 1.29 is 0 Å². The van der Waals surface area contributed by atoms with E-state index >= 15 is 0 Å². The summed E-state index contributed by atoms with van der Waals surface area (Å²) in [5.74, 6) is 1.82. The summed E-state index contributed by atoms with van der Waals surface area (Å²) in [6.45, 7) is 9.84. The van der Waals surface area contributed by atoms with Gasteiger partial charge in [0.25, 0.3) is 0 Å². The average Bonchev–Trinajstić information content (AvgIpc) is 2.80. The second kappa shape index (κ2) is 5.85. The van der Waals surface area contributed by atoms with Crippen LogP contribution in [0.25, 0.3) is 5.95 Å². The van der Waals surface area contributed by atoms with Crippen LogP contribution in [-0.2, 0) is 0 Å². The van der Waals surface area contributed by atoms with Crippen molar-refractivity contribution in [2.75, 3.05) is 30.4 Å². The van der Waals surface area contributed by atoms with Gasteiger partial charge in [0, 0.05) is 25.8 Å². The Labute approximate surface area is 119 Å². The molecule has 0 amide bonds. The molecule has 2 aromatic rings. The van der Waals surface area contributed by atoms with E-state index in [0.29, 0.717) is 17.8 Å². The van der Waals surface area contributed by atoms with E-state index in [0.717, 1.165) is 24.5 Å². The van der Waals surface area contributed by atoms with E-state index in [1.165, 1.54) is 0 Å². The number of nitrogens with zero attached hydrogens (tertiary/aromatic N) is 6. The van der Waals surface area contributed by atoms with Gasteiger partial charge in [0.15, 0.2) is 0 Å². The van der Waals surface area contributed by atoms with Gasteiger partial charge in [-0.05, 0) is 27.7 Å². The minimum Gasteiger partial charge on any atom is -0.357 e. The number of nitrogens with one attached hydrogen (secondary N) is 1. The SMILES string of the molecule is CCN(CC)c1nc(NC)nc(-n2cnc(C)c2C)n1. The van der Waals surface area contributed by atoms with Crippen LogP contribution in [0, 0.1) is 13.8 Å². The molecule has 0 spiro atoms. The molecule has 0 aliphatic carbocycles. The summed E-state index contributed by atoms with van der Waals surface area (Å²) in [7, 11) is 1.80. The summed E-state index contributed by atoms with van der Waals surface area (Å²) in [6.07, 6.45) is 1.74. The normalized spacial score (nSPS) is 10.7. The van der Waals surface area contributed by atoms with Crippen molar-refractivity contribution in [3.8, 4) is 5.95 Å². The monoisotopic (exact) mass is 275 g/mol. The molecule has 0 saturated heterocycles. The average molecular weight is 275 g/mol. The highest BCUT2D eigenvalue weighted by atomic mass is 15.3. The zero-order valence-corrected chi connectivity index (χ0v) is 12.7. The van der Waals surface area contributed by atoms with Crippen molar-refractivity contribution in [3.63, 3.8) is 0 Å². The Morgan fingerprint density at radius 1 is 1.15 bits per heavy atom. The molecular weight excluding hydrogens is 254 g/mol. The lowest BCUT2D eigenvalue weighted by Gasteiger charge is -2.19. The van der Waals surface area contributed by atoms with Gasteiger partial charge in [-0.1, -0.05) is 0 Å². The Morgan fingerprint density at radius 2 is 1.85 bits per heavy atom. The minimum absolute atomic E-state index is 0.558. The minimum atomic E-state index is 0.558. The van der Waals surface area contributed by atoms with E-state index in [-0.39, 0.29) is 0 Å².